The van der Waals surface area contributed by atoms with Crippen molar-refractivity contribution >= 4 is 11.6 Å². The first-order valence-corrected chi connectivity index (χ1v) is 7.54. The number of aromatic nitrogens is 2. The minimum Gasteiger partial charge on any atom is -0.483 e. The molecule has 0 atom stereocenters. The second-order valence-electron chi connectivity index (χ2n) is 6.54. The van der Waals surface area contributed by atoms with Crippen LogP contribution in [-0.2, 0) is 7.05 Å². The molecule has 122 valence electrons. The molecule has 6 heteroatoms. The fourth-order valence-corrected chi connectivity index (χ4v) is 2.46. The highest BCUT2D eigenvalue weighted by molar-refractivity contribution is 5.94. The van der Waals surface area contributed by atoms with E-state index in [2.05, 4.69) is 24.3 Å². The maximum absolute atomic E-state index is 11.6. The zero-order chi connectivity index (χ0) is 16.8. The number of rotatable bonds is 3. The van der Waals surface area contributed by atoms with Crippen LogP contribution in [0.2, 0.25) is 0 Å². The molecule has 23 heavy (non-hydrogen) atoms. The number of ketones is 1. The number of carbonyl (C=O) groups excluding carboxylic acids is 1. The van der Waals surface area contributed by atoms with Gasteiger partial charge in [-0.1, -0.05) is 12.1 Å². The molecule has 1 aromatic heterocycles. The second-order valence-corrected chi connectivity index (χ2v) is 6.54. The molecule has 3 rings (SSSR count). The summed E-state index contributed by atoms with van der Waals surface area (Å²) in [5.41, 5.74) is 1.37. The molecule has 2 aromatic rings. The molecule has 0 saturated heterocycles. The minimum absolute atomic E-state index is 0.00225. The van der Waals surface area contributed by atoms with Crippen molar-refractivity contribution in [3.63, 3.8) is 0 Å². The predicted molar refractivity (Wildman–Crippen MR) is 87.7 cm³/mol. The lowest BCUT2D eigenvalue weighted by Crippen LogP contribution is -2.41. The molecule has 1 aromatic carbocycles. The molecule has 0 radical (unpaired) electrons. The van der Waals surface area contributed by atoms with Crippen LogP contribution in [-0.4, -0.2) is 27.7 Å². The molecular weight excluding hydrogens is 294 g/mol. The molecule has 0 bridgehead atoms. The van der Waals surface area contributed by atoms with Crippen molar-refractivity contribution < 1.29 is 14.3 Å². The van der Waals surface area contributed by atoms with E-state index in [1.54, 1.807) is 16.8 Å². The Bertz CT molecular complexity index is 778. The number of nitrogens with zero attached hydrogens (tertiary/aromatic N) is 2. The van der Waals surface area contributed by atoms with Crippen LogP contribution in [0.5, 0.6) is 17.4 Å². The van der Waals surface area contributed by atoms with Crippen LogP contribution >= 0.6 is 0 Å². The van der Waals surface area contributed by atoms with Crippen molar-refractivity contribution in [2.45, 2.75) is 33.2 Å². The molecule has 0 saturated carbocycles. The van der Waals surface area contributed by atoms with E-state index in [0.29, 0.717) is 29.5 Å². The van der Waals surface area contributed by atoms with Crippen LogP contribution in [0.15, 0.2) is 18.2 Å². The van der Waals surface area contributed by atoms with Crippen molar-refractivity contribution in [3.05, 3.63) is 29.3 Å². The van der Waals surface area contributed by atoms with Gasteiger partial charge in [0, 0.05) is 12.6 Å². The van der Waals surface area contributed by atoms with Crippen LogP contribution in [0, 0.1) is 6.92 Å². The van der Waals surface area contributed by atoms with Crippen molar-refractivity contribution in [2.24, 2.45) is 7.05 Å². The Morgan fingerprint density at radius 1 is 1.43 bits per heavy atom. The molecule has 0 aliphatic carbocycles. The number of anilines is 1. The lowest BCUT2D eigenvalue weighted by molar-refractivity contribution is 0.101. The van der Waals surface area contributed by atoms with E-state index < -0.39 is 0 Å². The molecule has 0 spiro atoms. The van der Waals surface area contributed by atoms with E-state index in [4.69, 9.17) is 9.47 Å². The molecule has 1 aliphatic rings. The lowest BCUT2D eigenvalue weighted by Gasteiger charge is -2.31. The Kier molecular flexibility index (Phi) is 3.55. The summed E-state index contributed by atoms with van der Waals surface area (Å²) >= 11 is 0. The fraction of sp³-hybridized carbons (Fsp3) is 0.412. The number of hydrogen-bond donors (Lipinski definition) is 1. The maximum Gasteiger partial charge on any atom is 0.283 e. The number of Topliss-reactive ketones (excluding diaryl/α,β-unsaturated/α-hetero) is 1. The van der Waals surface area contributed by atoms with Crippen molar-refractivity contribution in [1.29, 1.82) is 0 Å². The van der Waals surface area contributed by atoms with Crippen LogP contribution in [0.3, 0.4) is 0 Å². The van der Waals surface area contributed by atoms with E-state index >= 15 is 0 Å². The van der Waals surface area contributed by atoms with Gasteiger partial charge in [-0.2, -0.15) is 0 Å². The zero-order valence-electron chi connectivity index (χ0n) is 14.1. The number of carbonyl (C=O) groups is 1. The average molecular weight is 315 g/mol. The summed E-state index contributed by atoms with van der Waals surface area (Å²) in [4.78, 5) is 11.6. The first-order chi connectivity index (χ1) is 10.8. The highest BCUT2D eigenvalue weighted by Crippen LogP contribution is 2.42. The third kappa shape index (κ3) is 2.88. The second kappa shape index (κ2) is 5.30. The normalized spacial score (nSPS) is 15.3. The number of aryl methyl sites for hydroxylation is 2. The molecule has 1 aliphatic heterocycles. The van der Waals surface area contributed by atoms with Crippen LogP contribution in [0.1, 0.15) is 36.7 Å². The monoisotopic (exact) mass is 315 g/mol. The summed E-state index contributed by atoms with van der Waals surface area (Å²) in [5.74, 6) is 2.38. The van der Waals surface area contributed by atoms with E-state index in [-0.39, 0.29) is 11.3 Å². The van der Waals surface area contributed by atoms with E-state index in [0.717, 1.165) is 11.4 Å². The summed E-state index contributed by atoms with van der Waals surface area (Å²) in [6.07, 6.45) is 0. The minimum atomic E-state index is -0.164. The molecule has 0 fully saturated rings. The largest absolute Gasteiger partial charge is 0.483 e. The summed E-state index contributed by atoms with van der Waals surface area (Å²) in [7, 11) is 1.84. The Balaban J connectivity index is 1.96. The third-order valence-electron chi connectivity index (χ3n) is 3.81. The van der Waals surface area contributed by atoms with E-state index in [1.165, 1.54) is 6.92 Å². The summed E-state index contributed by atoms with van der Waals surface area (Å²) in [6.45, 7) is 8.10. The van der Waals surface area contributed by atoms with Crippen molar-refractivity contribution in [1.82, 2.24) is 9.78 Å². The highest BCUT2D eigenvalue weighted by atomic mass is 16.5. The van der Waals surface area contributed by atoms with Crippen LogP contribution in [0.4, 0.5) is 5.82 Å². The first-order valence-electron chi connectivity index (χ1n) is 7.54. The molecule has 1 N–H and O–H groups in total. The van der Waals surface area contributed by atoms with E-state index in [9.17, 15) is 4.79 Å². The Hall–Kier alpha value is -2.50. The fourth-order valence-electron chi connectivity index (χ4n) is 2.46. The smallest absolute Gasteiger partial charge is 0.283 e. The Morgan fingerprint density at radius 3 is 2.87 bits per heavy atom. The van der Waals surface area contributed by atoms with Gasteiger partial charge in [-0.15, -0.1) is 5.10 Å². The summed E-state index contributed by atoms with van der Waals surface area (Å²) in [6, 6.07) is 5.39. The molecular formula is C17H21N3O3. The SMILES string of the molecule is CC(=O)c1ccc(C)c(Oc2nn(C)c3c2OCC(C)(C)N3)c1. The van der Waals surface area contributed by atoms with Crippen molar-refractivity contribution in [3.8, 4) is 17.4 Å². The number of hydrogen-bond acceptors (Lipinski definition) is 5. The van der Waals surface area contributed by atoms with Gasteiger partial charge in [0.05, 0.1) is 5.54 Å². The van der Waals surface area contributed by atoms with Gasteiger partial charge in [-0.25, -0.2) is 4.68 Å². The quantitative estimate of drug-likeness (QED) is 0.880. The van der Waals surface area contributed by atoms with E-state index in [1.807, 2.05) is 20.0 Å². The van der Waals surface area contributed by atoms with Gasteiger partial charge >= 0.3 is 0 Å². The van der Waals surface area contributed by atoms with Gasteiger partial charge < -0.3 is 14.8 Å². The molecule has 2 heterocycles. The Morgan fingerprint density at radius 2 is 2.17 bits per heavy atom. The van der Waals surface area contributed by atoms with Gasteiger partial charge in [0.1, 0.15) is 12.4 Å². The van der Waals surface area contributed by atoms with Crippen LogP contribution in [0.25, 0.3) is 0 Å². The summed E-state index contributed by atoms with van der Waals surface area (Å²) < 4.78 is 13.5. The maximum atomic E-state index is 11.6. The van der Waals surface area contributed by atoms with Crippen molar-refractivity contribution in [2.75, 3.05) is 11.9 Å². The number of ether oxygens (including phenoxy) is 2. The third-order valence-corrected chi connectivity index (χ3v) is 3.81. The van der Waals surface area contributed by atoms with Gasteiger partial charge in [0.25, 0.3) is 5.88 Å². The van der Waals surface area contributed by atoms with Gasteiger partial charge in [-0.3, -0.25) is 4.79 Å². The molecule has 0 unspecified atom stereocenters. The van der Waals surface area contributed by atoms with Crippen LogP contribution < -0.4 is 14.8 Å². The Labute approximate surface area is 135 Å². The number of nitrogens with one attached hydrogen (secondary N) is 1. The number of benzene rings is 1. The van der Waals surface area contributed by atoms with Gasteiger partial charge in [0.15, 0.2) is 11.6 Å². The zero-order valence-corrected chi connectivity index (χ0v) is 14.1. The van der Waals surface area contributed by atoms with Gasteiger partial charge in [0.2, 0.25) is 5.75 Å². The predicted octanol–water partition coefficient (Wildman–Crippen LogP) is 3.31. The topological polar surface area (TPSA) is 65.4 Å². The molecule has 0 amide bonds. The van der Waals surface area contributed by atoms with Gasteiger partial charge in [-0.05, 0) is 39.3 Å². The number of fused-ring (bicyclic) bond motifs is 1. The lowest BCUT2D eigenvalue weighted by atomic mass is 10.1. The standard InChI is InChI=1S/C17H21N3O3/c1-10-6-7-12(11(2)21)8-13(10)23-16-14-15(20(5)19-16)18-17(3,4)9-22-14/h6-8,18H,9H2,1-5H3. The average Bonchev–Trinajstić information content (AvgIpc) is 2.75. The highest BCUT2D eigenvalue weighted by Gasteiger charge is 2.32. The first kappa shape index (κ1) is 15.4. The molecule has 6 nitrogen and oxygen atoms in total. The summed E-state index contributed by atoms with van der Waals surface area (Å²) in [5, 5.41) is 7.79.